The molecular formula is C19H20N2O4S. The molecule has 1 aliphatic rings. The van der Waals surface area contributed by atoms with Gasteiger partial charge in [0.05, 0.1) is 10.4 Å². The van der Waals surface area contributed by atoms with Gasteiger partial charge in [-0.2, -0.15) is 0 Å². The van der Waals surface area contributed by atoms with E-state index in [1.54, 1.807) is 28.9 Å². The third-order valence-electron chi connectivity index (χ3n) is 4.38. The summed E-state index contributed by atoms with van der Waals surface area (Å²) in [6.45, 7) is 5.54. The molecule has 2 heterocycles. The van der Waals surface area contributed by atoms with Gasteiger partial charge in [0.15, 0.2) is 0 Å². The number of nitrogens with zero attached hydrogens (tertiary/aromatic N) is 2. The fourth-order valence-electron chi connectivity index (χ4n) is 3.03. The van der Waals surface area contributed by atoms with Crippen molar-refractivity contribution in [3.63, 3.8) is 0 Å². The molecule has 0 unspecified atom stereocenters. The number of hydrogen-bond acceptors (Lipinski definition) is 4. The van der Waals surface area contributed by atoms with Gasteiger partial charge < -0.3 is 14.9 Å². The number of hydrogen-bond donors (Lipinski definition) is 1. The first-order chi connectivity index (χ1) is 12.3. The summed E-state index contributed by atoms with van der Waals surface area (Å²) in [5.41, 5.74) is 1.21. The summed E-state index contributed by atoms with van der Waals surface area (Å²) in [5, 5.41) is 9.16. The highest BCUT2D eigenvalue weighted by Gasteiger charge is 2.26. The van der Waals surface area contributed by atoms with Crippen molar-refractivity contribution in [1.82, 2.24) is 9.80 Å². The van der Waals surface area contributed by atoms with Crippen LogP contribution in [0.25, 0.3) is 0 Å². The Kier molecular flexibility index (Phi) is 5.08. The molecule has 1 aromatic heterocycles. The smallest absolute Gasteiger partial charge is 0.335 e. The molecular weight excluding hydrogens is 352 g/mol. The number of carbonyl (C=O) groups is 3. The van der Waals surface area contributed by atoms with Gasteiger partial charge in [-0.15, -0.1) is 11.3 Å². The summed E-state index contributed by atoms with van der Waals surface area (Å²) in [5.74, 6) is -1.25. The van der Waals surface area contributed by atoms with Crippen LogP contribution in [0.1, 0.15) is 40.8 Å². The zero-order chi connectivity index (χ0) is 18.8. The van der Waals surface area contributed by atoms with Crippen LogP contribution in [0.15, 0.2) is 30.3 Å². The van der Waals surface area contributed by atoms with Crippen LogP contribution in [-0.2, 0) is 0 Å². The van der Waals surface area contributed by atoms with Crippen LogP contribution in [0, 0.1) is 13.8 Å². The molecule has 2 aromatic rings. The molecule has 0 bridgehead atoms. The molecule has 1 aliphatic heterocycles. The highest BCUT2D eigenvalue weighted by molar-refractivity contribution is 7.13. The van der Waals surface area contributed by atoms with E-state index < -0.39 is 5.97 Å². The van der Waals surface area contributed by atoms with Crippen LogP contribution in [0.3, 0.4) is 0 Å². The summed E-state index contributed by atoms with van der Waals surface area (Å²) >= 11 is 1.47. The monoisotopic (exact) mass is 372 g/mol. The van der Waals surface area contributed by atoms with Crippen LogP contribution in [0.5, 0.6) is 0 Å². The van der Waals surface area contributed by atoms with Crippen molar-refractivity contribution in [3.8, 4) is 0 Å². The van der Waals surface area contributed by atoms with Crippen molar-refractivity contribution in [2.75, 3.05) is 26.2 Å². The largest absolute Gasteiger partial charge is 0.478 e. The quantitative estimate of drug-likeness (QED) is 0.898. The van der Waals surface area contributed by atoms with Crippen LogP contribution in [-0.4, -0.2) is 58.9 Å². The van der Waals surface area contributed by atoms with E-state index in [2.05, 4.69) is 0 Å². The summed E-state index contributed by atoms with van der Waals surface area (Å²) in [7, 11) is 0. The fraction of sp³-hybridized carbons (Fsp3) is 0.316. The van der Waals surface area contributed by atoms with E-state index in [1.165, 1.54) is 17.4 Å². The van der Waals surface area contributed by atoms with Crippen LogP contribution < -0.4 is 0 Å². The lowest BCUT2D eigenvalue weighted by molar-refractivity contribution is 0.0538. The molecule has 0 radical (unpaired) electrons. The van der Waals surface area contributed by atoms with E-state index in [0.29, 0.717) is 36.6 Å². The Morgan fingerprint density at radius 2 is 1.46 bits per heavy atom. The first-order valence-electron chi connectivity index (χ1n) is 8.35. The van der Waals surface area contributed by atoms with Gasteiger partial charge in [0.1, 0.15) is 0 Å². The van der Waals surface area contributed by atoms with E-state index in [-0.39, 0.29) is 17.4 Å². The number of carboxylic acids is 1. The predicted octanol–water partition coefficient (Wildman–Crippen LogP) is 2.66. The van der Waals surface area contributed by atoms with Crippen LogP contribution >= 0.6 is 11.3 Å². The van der Waals surface area contributed by atoms with Gasteiger partial charge in [-0.1, -0.05) is 0 Å². The molecule has 7 heteroatoms. The van der Waals surface area contributed by atoms with Crippen molar-refractivity contribution < 1.29 is 19.5 Å². The summed E-state index contributed by atoms with van der Waals surface area (Å²) in [6.07, 6.45) is 0. The van der Waals surface area contributed by atoms with Gasteiger partial charge in [-0.05, 0) is 49.7 Å². The van der Waals surface area contributed by atoms with E-state index in [9.17, 15) is 14.4 Å². The molecule has 0 aliphatic carbocycles. The molecule has 0 atom stereocenters. The van der Waals surface area contributed by atoms with Gasteiger partial charge in [0.2, 0.25) is 0 Å². The second-order valence-electron chi connectivity index (χ2n) is 6.39. The lowest BCUT2D eigenvalue weighted by atomic mass is 10.1. The minimum Gasteiger partial charge on any atom is -0.478 e. The average Bonchev–Trinajstić information content (AvgIpc) is 3.06. The Hall–Kier alpha value is -2.67. The maximum Gasteiger partial charge on any atom is 0.335 e. The highest BCUT2D eigenvalue weighted by Crippen LogP contribution is 2.19. The SMILES string of the molecule is Cc1cc(C(=O)O)cc(C(=O)N2CCN(C(=O)c3ccc(C)s3)CC2)c1. The Labute approximate surface area is 155 Å². The third kappa shape index (κ3) is 3.77. The Morgan fingerprint density at radius 3 is 2.00 bits per heavy atom. The minimum atomic E-state index is -1.05. The second kappa shape index (κ2) is 7.29. The van der Waals surface area contributed by atoms with Gasteiger partial charge in [-0.3, -0.25) is 9.59 Å². The lowest BCUT2D eigenvalue weighted by Crippen LogP contribution is -2.50. The van der Waals surface area contributed by atoms with Gasteiger partial charge in [0.25, 0.3) is 11.8 Å². The van der Waals surface area contributed by atoms with Crippen molar-refractivity contribution >= 4 is 29.1 Å². The highest BCUT2D eigenvalue weighted by atomic mass is 32.1. The maximum absolute atomic E-state index is 12.7. The molecule has 1 N–H and O–H groups in total. The zero-order valence-corrected chi connectivity index (χ0v) is 15.5. The topological polar surface area (TPSA) is 77.9 Å². The molecule has 0 spiro atoms. The number of rotatable bonds is 3. The molecule has 1 saturated heterocycles. The Morgan fingerprint density at radius 1 is 0.885 bits per heavy atom. The molecule has 1 fully saturated rings. The normalized spacial score (nSPS) is 14.4. The maximum atomic E-state index is 12.7. The number of thiophene rings is 1. The zero-order valence-electron chi connectivity index (χ0n) is 14.7. The third-order valence-corrected chi connectivity index (χ3v) is 5.37. The first kappa shape index (κ1) is 18.1. The number of carbonyl (C=O) groups excluding carboxylic acids is 2. The number of piperazine rings is 1. The van der Waals surface area contributed by atoms with E-state index in [4.69, 9.17) is 5.11 Å². The van der Waals surface area contributed by atoms with Crippen LogP contribution in [0.4, 0.5) is 0 Å². The van der Waals surface area contributed by atoms with Gasteiger partial charge >= 0.3 is 5.97 Å². The first-order valence-corrected chi connectivity index (χ1v) is 9.17. The number of amides is 2. The van der Waals surface area contributed by atoms with Gasteiger partial charge in [-0.25, -0.2) is 4.79 Å². The number of carboxylic acid groups (broad SMARTS) is 1. The van der Waals surface area contributed by atoms with E-state index in [1.807, 2.05) is 19.1 Å². The number of aryl methyl sites for hydroxylation is 2. The van der Waals surface area contributed by atoms with Crippen molar-refractivity contribution in [2.24, 2.45) is 0 Å². The standard InChI is InChI=1S/C19H20N2O4S/c1-12-9-14(11-15(10-12)19(24)25)17(22)20-5-7-21(8-6-20)18(23)16-4-3-13(2)26-16/h3-4,9-11H,5-8H2,1-2H3,(H,24,25). The minimum absolute atomic E-state index is 0.00100. The predicted molar refractivity (Wildman–Crippen MR) is 99.0 cm³/mol. The van der Waals surface area contributed by atoms with Crippen molar-refractivity contribution in [3.05, 3.63) is 56.8 Å². The summed E-state index contributed by atoms with van der Waals surface area (Å²) in [6, 6.07) is 8.40. The molecule has 26 heavy (non-hydrogen) atoms. The van der Waals surface area contributed by atoms with E-state index in [0.717, 1.165) is 10.4 Å². The molecule has 3 rings (SSSR count). The second-order valence-corrected chi connectivity index (χ2v) is 7.68. The van der Waals surface area contributed by atoms with Crippen molar-refractivity contribution in [2.45, 2.75) is 13.8 Å². The van der Waals surface area contributed by atoms with Crippen molar-refractivity contribution in [1.29, 1.82) is 0 Å². The molecule has 2 amide bonds. The number of aromatic carboxylic acids is 1. The van der Waals surface area contributed by atoms with Gasteiger partial charge in [0, 0.05) is 36.6 Å². The molecule has 1 aromatic carbocycles. The molecule has 0 saturated carbocycles. The Bertz CT molecular complexity index is 866. The summed E-state index contributed by atoms with van der Waals surface area (Å²) < 4.78 is 0. The summed E-state index contributed by atoms with van der Waals surface area (Å²) in [4.78, 5) is 41.6. The van der Waals surface area contributed by atoms with Crippen LogP contribution in [0.2, 0.25) is 0 Å². The number of benzene rings is 1. The fourth-order valence-corrected chi connectivity index (χ4v) is 3.87. The lowest BCUT2D eigenvalue weighted by Gasteiger charge is -2.34. The average molecular weight is 372 g/mol. The van der Waals surface area contributed by atoms with E-state index >= 15 is 0 Å². The molecule has 6 nitrogen and oxygen atoms in total. The Balaban J connectivity index is 1.67. The molecule has 136 valence electrons.